The normalized spacial score (nSPS) is 10.7. The molecule has 0 unspecified atom stereocenters. The number of aryl methyl sites for hydroxylation is 1. The van der Waals surface area contributed by atoms with E-state index in [0.29, 0.717) is 0 Å². The van der Waals surface area contributed by atoms with Crippen molar-refractivity contribution in [3.8, 4) is 0 Å². The lowest BCUT2D eigenvalue weighted by atomic mass is 10.1. The molecule has 0 radical (unpaired) electrons. The molecule has 2 nitrogen and oxygen atoms in total. The number of fused-ring (bicyclic) bond motifs is 1. The second-order valence-electron chi connectivity index (χ2n) is 4.54. The average molecular weight is 346 g/mol. The molecule has 1 heterocycles. The molecule has 0 saturated carbocycles. The molecule has 0 saturated heterocycles. The fourth-order valence-corrected chi connectivity index (χ4v) is 3.39. The first-order valence-electron chi connectivity index (χ1n) is 6.19. The van der Waals surface area contributed by atoms with Crippen LogP contribution in [0.1, 0.15) is 15.9 Å². The lowest BCUT2D eigenvalue weighted by Crippen LogP contribution is -2.11. The number of hydrogen-bond donors (Lipinski definition) is 1. The van der Waals surface area contributed by atoms with Gasteiger partial charge in [-0.2, -0.15) is 0 Å². The molecule has 0 aliphatic carbocycles. The predicted octanol–water partition coefficient (Wildman–Crippen LogP) is 5.22. The molecule has 0 fully saturated rings. The largest absolute Gasteiger partial charge is 0.321 e. The quantitative estimate of drug-likeness (QED) is 0.677. The van der Waals surface area contributed by atoms with Crippen molar-refractivity contribution >= 4 is 48.9 Å². The zero-order valence-electron chi connectivity index (χ0n) is 10.8. The van der Waals surface area contributed by atoms with E-state index in [-0.39, 0.29) is 5.91 Å². The summed E-state index contributed by atoms with van der Waals surface area (Å²) in [6.07, 6.45) is 0. The molecule has 0 aliphatic rings. The minimum absolute atomic E-state index is 0.0752. The Labute approximate surface area is 129 Å². The van der Waals surface area contributed by atoms with Crippen LogP contribution in [0.15, 0.2) is 52.3 Å². The third-order valence-electron chi connectivity index (χ3n) is 3.17. The number of anilines is 1. The Hall–Kier alpha value is -1.65. The number of nitrogens with one attached hydrogen (secondary N) is 1. The van der Waals surface area contributed by atoms with Gasteiger partial charge < -0.3 is 5.32 Å². The van der Waals surface area contributed by atoms with Crippen LogP contribution in [0.25, 0.3) is 10.1 Å². The van der Waals surface area contributed by atoms with Gasteiger partial charge in [-0.1, -0.05) is 30.3 Å². The summed E-state index contributed by atoms with van der Waals surface area (Å²) in [5.41, 5.74) is 2.61. The van der Waals surface area contributed by atoms with Crippen LogP contribution in [0.3, 0.4) is 0 Å². The summed E-state index contributed by atoms with van der Waals surface area (Å²) in [5.74, 6) is -0.0752. The number of thiophene rings is 1. The zero-order valence-corrected chi connectivity index (χ0v) is 13.2. The highest BCUT2D eigenvalue weighted by Crippen LogP contribution is 2.29. The maximum Gasteiger partial charge on any atom is 0.257 e. The minimum Gasteiger partial charge on any atom is -0.321 e. The highest BCUT2D eigenvalue weighted by Gasteiger charge is 2.13. The Morgan fingerprint density at radius 2 is 1.95 bits per heavy atom. The van der Waals surface area contributed by atoms with E-state index in [1.54, 1.807) is 11.3 Å². The average Bonchev–Trinajstić information content (AvgIpc) is 2.88. The Bertz CT molecular complexity index is 794. The first-order chi connectivity index (χ1) is 9.66. The van der Waals surface area contributed by atoms with Gasteiger partial charge in [-0.05, 0) is 40.5 Å². The van der Waals surface area contributed by atoms with Crippen LogP contribution in [0.5, 0.6) is 0 Å². The molecule has 2 aromatic carbocycles. The number of amides is 1. The molecular formula is C16H12BrNOS. The molecule has 100 valence electrons. The summed E-state index contributed by atoms with van der Waals surface area (Å²) < 4.78 is 2.05. The molecule has 0 spiro atoms. The molecule has 1 amide bonds. The van der Waals surface area contributed by atoms with E-state index in [9.17, 15) is 4.79 Å². The topological polar surface area (TPSA) is 29.1 Å². The Morgan fingerprint density at radius 3 is 2.80 bits per heavy atom. The summed E-state index contributed by atoms with van der Waals surface area (Å²) >= 11 is 5.10. The van der Waals surface area contributed by atoms with Gasteiger partial charge in [0.1, 0.15) is 0 Å². The summed E-state index contributed by atoms with van der Waals surface area (Å²) in [6.45, 7) is 2.00. The Kier molecular flexibility index (Phi) is 3.59. The maximum absolute atomic E-state index is 12.4. The van der Waals surface area contributed by atoms with Crippen molar-refractivity contribution in [3.63, 3.8) is 0 Å². The number of carbonyl (C=O) groups is 1. The molecule has 4 heteroatoms. The van der Waals surface area contributed by atoms with Crippen molar-refractivity contribution in [1.29, 1.82) is 0 Å². The zero-order chi connectivity index (χ0) is 14.1. The standard InChI is InChI=1S/C16H12BrNOS/c1-10-5-4-7-13(15(10)17)18-16(19)12-9-20-14-8-3-2-6-11(12)14/h2-9H,1H3,(H,18,19). The summed E-state index contributed by atoms with van der Waals surface area (Å²) in [4.78, 5) is 12.4. The number of benzene rings is 2. The second-order valence-corrected chi connectivity index (χ2v) is 6.24. The van der Waals surface area contributed by atoms with Gasteiger partial charge in [-0.3, -0.25) is 4.79 Å². The molecule has 20 heavy (non-hydrogen) atoms. The van der Waals surface area contributed by atoms with E-state index >= 15 is 0 Å². The highest BCUT2D eigenvalue weighted by molar-refractivity contribution is 9.10. The van der Waals surface area contributed by atoms with E-state index in [4.69, 9.17) is 0 Å². The molecular weight excluding hydrogens is 334 g/mol. The third-order valence-corrected chi connectivity index (χ3v) is 5.18. The van der Waals surface area contributed by atoms with Gasteiger partial charge in [-0.25, -0.2) is 0 Å². The monoisotopic (exact) mass is 345 g/mol. The molecule has 0 atom stereocenters. The van der Waals surface area contributed by atoms with Gasteiger partial charge in [0.25, 0.3) is 5.91 Å². The summed E-state index contributed by atoms with van der Waals surface area (Å²) in [6, 6.07) is 13.8. The van der Waals surface area contributed by atoms with Crippen molar-refractivity contribution in [3.05, 3.63) is 63.4 Å². The first kappa shape index (κ1) is 13.3. The second kappa shape index (κ2) is 5.38. The van der Waals surface area contributed by atoms with Crippen LogP contribution in [0.4, 0.5) is 5.69 Å². The van der Waals surface area contributed by atoms with Crippen LogP contribution in [-0.2, 0) is 0 Å². The molecule has 1 N–H and O–H groups in total. The van der Waals surface area contributed by atoms with E-state index in [1.165, 1.54) is 0 Å². The molecule has 0 aliphatic heterocycles. The molecule has 3 aromatic rings. The number of hydrogen-bond acceptors (Lipinski definition) is 2. The smallest absolute Gasteiger partial charge is 0.257 e. The van der Waals surface area contributed by atoms with Crippen molar-refractivity contribution < 1.29 is 4.79 Å². The van der Waals surface area contributed by atoms with Gasteiger partial charge in [-0.15, -0.1) is 11.3 Å². The lowest BCUT2D eigenvalue weighted by molar-refractivity contribution is 0.102. The molecule has 0 bridgehead atoms. The molecule has 3 rings (SSSR count). The van der Waals surface area contributed by atoms with Gasteiger partial charge in [0, 0.05) is 19.9 Å². The lowest BCUT2D eigenvalue weighted by Gasteiger charge is -2.08. The van der Waals surface area contributed by atoms with Crippen molar-refractivity contribution in [2.24, 2.45) is 0 Å². The van der Waals surface area contributed by atoms with Crippen molar-refractivity contribution in [2.75, 3.05) is 5.32 Å². The van der Waals surface area contributed by atoms with E-state index in [1.807, 2.05) is 54.8 Å². The summed E-state index contributed by atoms with van der Waals surface area (Å²) in [7, 11) is 0. The van der Waals surface area contributed by atoms with Crippen LogP contribution in [-0.4, -0.2) is 5.91 Å². The van der Waals surface area contributed by atoms with E-state index < -0.39 is 0 Å². The van der Waals surface area contributed by atoms with Crippen LogP contribution >= 0.6 is 27.3 Å². The third kappa shape index (κ3) is 2.37. The number of carbonyl (C=O) groups excluding carboxylic acids is 1. The SMILES string of the molecule is Cc1cccc(NC(=O)c2csc3ccccc23)c1Br. The van der Waals surface area contributed by atoms with Crippen molar-refractivity contribution in [1.82, 2.24) is 0 Å². The highest BCUT2D eigenvalue weighted by atomic mass is 79.9. The molecule has 1 aromatic heterocycles. The van der Waals surface area contributed by atoms with Crippen LogP contribution in [0, 0.1) is 6.92 Å². The van der Waals surface area contributed by atoms with Gasteiger partial charge in [0.2, 0.25) is 0 Å². The first-order valence-corrected chi connectivity index (χ1v) is 7.87. The van der Waals surface area contributed by atoms with E-state index in [0.717, 1.165) is 31.4 Å². The number of rotatable bonds is 2. The summed E-state index contributed by atoms with van der Waals surface area (Å²) in [5, 5.41) is 5.87. The minimum atomic E-state index is -0.0752. The Balaban J connectivity index is 1.95. The maximum atomic E-state index is 12.4. The van der Waals surface area contributed by atoms with Crippen LogP contribution in [0.2, 0.25) is 0 Å². The Morgan fingerprint density at radius 1 is 1.15 bits per heavy atom. The fourth-order valence-electron chi connectivity index (χ4n) is 2.09. The van der Waals surface area contributed by atoms with E-state index in [2.05, 4.69) is 21.2 Å². The van der Waals surface area contributed by atoms with Gasteiger partial charge >= 0.3 is 0 Å². The van der Waals surface area contributed by atoms with Crippen molar-refractivity contribution in [2.45, 2.75) is 6.92 Å². The van der Waals surface area contributed by atoms with Crippen LogP contribution < -0.4 is 5.32 Å². The van der Waals surface area contributed by atoms with Gasteiger partial charge in [0.05, 0.1) is 11.3 Å². The number of halogens is 1. The predicted molar refractivity (Wildman–Crippen MR) is 88.7 cm³/mol. The van der Waals surface area contributed by atoms with Gasteiger partial charge in [0.15, 0.2) is 0 Å². The fraction of sp³-hybridized carbons (Fsp3) is 0.0625.